The highest BCUT2D eigenvalue weighted by Gasteiger charge is 2.24. The lowest BCUT2D eigenvalue weighted by atomic mass is 10.2. The van der Waals surface area contributed by atoms with Crippen LogP contribution in [0.5, 0.6) is 0 Å². The Labute approximate surface area is 152 Å². The van der Waals surface area contributed by atoms with Crippen LogP contribution in [0.15, 0.2) is 27.6 Å². The van der Waals surface area contributed by atoms with Crippen LogP contribution in [0.2, 0.25) is 5.02 Å². The summed E-state index contributed by atoms with van der Waals surface area (Å²) in [7, 11) is -3.77. The first kappa shape index (κ1) is 19.4. The SMILES string of the molecule is CC(=O)N(CCNS(=O)(=O)c1c(C)noc1C)c1ccc(C)c(Cl)c1. The van der Waals surface area contributed by atoms with Crippen molar-refractivity contribution in [3.8, 4) is 0 Å². The maximum atomic E-state index is 12.4. The van der Waals surface area contributed by atoms with E-state index in [4.69, 9.17) is 16.1 Å². The average Bonchev–Trinajstić information content (AvgIpc) is 2.86. The van der Waals surface area contributed by atoms with Gasteiger partial charge in [-0.3, -0.25) is 4.79 Å². The van der Waals surface area contributed by atoms with Crippen molar-refractivity contribution in [3.63, 3.8) is 0 Å². The zero-order chi connectivity index (χ0) is 18.8. The van der Waals surface area contributed by atoms with Crippen LogP contribution >= 0.6 is 11.6 Å². The van der Waals surface area contributed by atoms with Crippen molar-refractivity contribution in [2.45, 2.75) is 32.6 Å². The van der Waals surface area contributed by atoms with E-state index in [1.54, 1.807) is 19.1 Å². The summed E-state index contributed by atoms with van der Waals surface area (Å²) in [5.74, 6) is 0.00944. The number of aryl methyl sites for hydroxylation is 3. The molecular formula is C16H20ClN3O4S. The van der Waals surface area contributed by atoms with Crippen molar-refractivity contribution < 1.29 is 17.7 Å². The quantitative estimate of drug-likeness (QED) is 0.824. The van der Waals surface area contributed by atoms with Crippen molar-refractivity contribution in [1.29, 1.82) is 0 Å². The molecule has 0 fully saturated rings. The Morgan fingerprint density at radius 2 is 2.00 bits per heavy atom. The summed E-state index contributed by atoms with van der Waals surface area (Å²) >= 11 is 6.10. The number of nitrogens with zero attached hydrogens (tertiary/aromatic N) is 2. The zero-order valence-electron chi connectivity index (χ0n) is 14.5. The Balaban J connectivity index is 2.12. The van der Waals surface area contributed by atoms with Gasteiger partial charge in [-0.1, -0.05) is 22.8 Å². The second kappa shape index (κ2) is 7.55. The van der Waals surface area contributed by atoms with Gasteiger partial charge < -0.3 is 9.42 Å². The molecule has 0 aliphatic carbocycles. The lowest BCUT2D eigenvalue weighted by Crippen LogP contribution is -2.37. The second-order valence-corrected chi connectivity index (χ2v) is 7.77. The molecule has 1 heterocycles. The van der Waals surface area contributed by atoms with E-state index >= 15 is 0 Å². The van der Waals surface area contributed by atoms with Crippen LogP contribution in [0.25, 0.3) is 0 Å². The number of anilines is 1. The third-order valence-corrected chi connectivity index (χ3v) is 5.82. The highest BCUT2D eigenvalue weighted by molar-refractivity contribution is 7.89. The van der Waals surface area contributed by atoms with E-state index in [0.29, 0.717) is 16.4 Å². The minimum atomic E-state index is -3.77. The summed E-state index contributed by atoms with van der Waals surface area (Å²) in [6.07, 6.45) is 0. The van der Waals surface area contributed by atoms with E-state index in [2.05, 4.69) is 9.88 Å². The highest BCUT2D eigenvalue weighted by Crippen LogP contribution is 2.23. The van der Waals surface area contributed by atoms with E-state index in [-0.39, 0.29) is 29.7 Å². The van der Waals surface area contributed by atoms with Crippen LogP contribution in [0, 0.1) is 20.8 Å². The number of carbonyl (C=O) groups excluding carboxylic acids is 1. The molecule has 0 radical (unpaired) electrons. The van der Waals surface area contributed by atoms with Crippen molar-refractivity contribution in [1.82, 2.24) is 9.88 Å². The lowest BCUT2D eigenvalue weighted by molar-refractivity contribution is -0.116. The van der Waals surface area contributed by atoms with E-state index in [1.165, 1.54) is 18.7 Å². The molecule has 0 atom stereocenters. The molecule has 0 saturated carbocycles. The van der Waals surface area contributed by atoms with Gasteiger partial charge in [0.2, 0.25) is 15.9 Å². The van der Waals surface area contributed by atoms with Crippen LogP contribution in [-0.4, -0.2) is 32.6 Å². The van der Waals surface area contributed by atoms with Crippen LogP contribution in [0.4, 0.5) is 5.69 Å². The lowest BCUT2D eigenvalue weighted by Gasteiger charge is -2.22. The topological polar surface area (TPSA) is 92.5 Å². The van der Waals surface area contributed by atoms with Crippen molar-refractivity contribution in [3.05, 3.63) is 40.2 Å². The Morgan fingerprint density at radius 3 is 2.52 bits per heavy atom. The normalized spacial score (nSPS) is 11.6. The Kier molecular flexibility index (Phi) is 5.87. The number of amides is 1. The Hall–Kier alpha value is -1.90. The molecule has 1 N–H and O–H groups in total. The molecule has 136 valence electrons. The molecule has 0 saturated heterocycles. The van der Waals surface area contributed by atoms with Gasteiger partial charge in [-0.25, -0.2) is 13.1 Å². The minimum absolute atomic E-state index is 0.0280. The monoisotopic (exact) mass is 385 g/mol. The summed E-state index contributed by atoms with van der Waals surface area (Å²) in [6.45, 7) is 6.57. The number of aromatic nitrogens is 1. The number of hydrogen-bond donors (Lipinski definition) is 1. The summed E-state index contributed by atoms with van der Waals surface area (Å²) in [5, 5.41) is 4.19. The number of hydrogen-bond acceptors (Lipinski definition) is 5. The first-order valence-corrected chi connectivity index (χ1v) is 9.46. The second-order valence-electron chi connectivity index (χ2n) is 5.66. The molecule has 2 aromatic rings. The van der Waals surface area contributed by atoms with E-state index in [9.17, 15) is 13.2 Å². The van der Waals surface area contributed by atoms with E-state index in [0.717, 1.165) is 5.56 Å². The predicted molar refractivity (Wildman–Crippen MR) is 95.4 cm³/mol. The van der Waals surface area contributed by atoms with E-state index < -0.39 is 10.0 Å². The first-order valence-electron chi connectivity index (χ1n) is 7.60. The molecule has 0 spiro atoms. The van der Waals surface area contributed by atoms with Crippen molar-refractivity contribution in [2.75, 3.05) is 18.0 Å². The number of nitrogens with one attached hydrogen (secondary N) is 1. The van der Waals surface area contributed by atoms with Crippen LogP contribution in [0.3, 0.4) is 0 Å². The maximum absolute atomic E-state index is 12.4. The third kappa shape index (κ3) is 4.39. The molecule has 0 bridgehead atoms. The third-order valence-electron chi connectivity index (χ3n) is 3.71. The number of benzene rings is 1. The molecule has 0 aliphatic heterocycles. The maximum Gasteiger partial charge on any atom is 0.246 e. The molecule has 7 nitrogen and oxygen atoms in total. The predicted octanol–water partition coefficient (Wildman–Crippen LogP) is 2.58. The largest absolute Gasteiger partial charge is 0.360 e. The summed E-state index contributed by atoms with van der Waals surface area (Å²) < 4.78 is 32.1. The van der Waals surface area contributed by atoms with Gasteiger partial charge in [0.05, 0.1) is 0 Å². The number of rotatable bonds is 6. The molecule has 0 unspecified atom stereocenters. The molecule has 1 amide bonds. The molecule has 1 aromatic carbocycles. The van der Waals surface area contributed by atoms with E-state index in [1.807, 2.05) is 13.0 Å². The van der Waals surface area contributed by atoms with Gasteiger partial charge in [0.25, 0.3) is 0 Å². The summed E-state index contributed by atoms with van der Waals surface area (Å²) in [5.41, 5.74) is 1.80. The molecular weight excluding hydrogens is 366 g/mol. The average molecular weight is 386 g/mol. The van der Waals surface area contributed by atoms with Gasteiger partial charge in [-0.2, -0.15) is 0 Å². The Bertz CT molecular complexity index is 873. The number of halogens is 1. The van der Waals surface area contributed by atoms with Crippen LogP contribution < -0.4 is 9.62 Å². The molecule has 0 aliphatic rings. The summed E-state index contributed by atoms with van der Waals surface area (Å²) in [4.78, 5) is 13.4. The first-order chi connectivity index (χ1) is 11.6. The number of carbonyl (C=O) groups is 1. The fraction of sp³-hybridized carbons (Fsp3) is 0.375. The zero-order valence-corrected chi connectivity index (χ0v) is 16.0. The smallest absolute Gasteiger partial charge is 0.246 e. The molecule has 1 aromatic heterocycles. The fourth-order valence-corrected chi connectivity index (χ4v) is 3.96. The van der Waals surface area contributed by atoms with Gasteiger partial charge in [-0.15, -0.1) is 0 Å². The van der Waals surface area contributed by atoms with Crippen LogP contribution in [-0.2, 0) is 14.8 Å². The molecule has 25 heavy (non-hydrogen) atoms. The van der Waals surface area contributed by atoms with Gasteiger partial charge in [0.15, 0.2) is 5.76 Å². The van der Waals surface area contributed by atoms with Crippen molar-refractivity contribution in [2.24, 2.45) is 0 Å². The molecule has 2 rings (SSSR count). The van der Waals surface area contributed by atoms with Gasteiger partial charge >= 0.3 is 0 Å². The molecule has 9 heteroatoms. The Morgan fingerprint density at radius 1 is 1.32 bits per heavy atom. The highest BCUT2D eigenvalue weighted by atomic mass is 35.5. The van der Waals surface area contributed by atoms with Crippen LogP contribution in [0.1, 0.15) is 23.9 Å². The standard InChI is InChI=1S/C16H20ClN3O4S/c1-10-5-6-14(9-15(10)17)20(13(4)21)8-7-18-25(22,23)16-11(2)19-24-12(16)3/h5-6,9,18H,7-8H2,1-4H3. The number of sulfonamides is 1. The summed E-state index contributed by atoms with van der Waals surface area (Å²) in [6, 6.07) is 5.26. The minimum Gasteiger partial charge on any atom is -0.360 e. The fourth-order valence-electron chi connectivity index (χ4n) is 2.44. The van der Waals surface area contributed by atoms with Crippen molar-refractivity contribution >= 4 is 33.2 Å². The van der Waals surface area contributed by atoms with Gasteiger partial charge in [0.1, 0.15) is 10.6 Å². The van der Waals surface area contributed by atoms with Gasteiger partial charge in [-0.05, 0) is 38.5 Å². The van der Waals surface area contributed by atoms with Gasteiger partial charge in [0, 0.05) is 30.7 Å².